The summed E-state index contributed by atoms with van der Waals surface area (Å²) in [5.41, 5.74) is 1.77. The van der Waals surface area contributed by atoms with E-state index in [0.29, 0.717) is 34.7 Å². The molecule has 2 amide bonds. The van der Waals surface area contributed by atoms with Crippen LogP contribution in [-0.2, 0) is 27.6 Å². The minimum absolute atomic E-state index is 0.0196. The fourth-order valence-corrected chi connectivity index (χ4v) is 5.15. The molecule has 0 aromatic heterocycles. The first-order valence-electron chi connectivity index (χ1n) is 10.8. The van der Waals surface area contributed by atoms with Gasteiger partial charge in [-0.3, -0.25) is 9.59 Å². The quantitative estimate of drug-likeness (QED) is 0.391. The summed E-state index contributed by atoms with van der Waals surface area (Å²) in [6.45, 7) is 0.432. The summed E-state index contributed by atoms with van der Waals surface area (Å²) in [5.74, 6) is -2.44. The zero-order valence-corrected chi connectivity index (χ0v) is 22.3. The topological polar surface area (TPSA) is 133 Å². The number of aliphatic carboxylic acids is 1. The normalized spacial score (nSPS) is 14.2. The van der Waals surface area contributed by atoms with Gasteiger partial charge in [0.15, 0.2) is 0 Å². The number of benzene rings is 2. The van der Waals surface area contributed by atoms with Crippen LogP contribution in [-0.4, -0.2) is 73.9 Å². The van der Waals surface area contributed by atoms with Gasteiger partial charge in [-0.15, -0.1) is 0 Å². The van der Waals surface area contributed by atoms with Crippen molar-refractivity contribution in [3.63, 3.8) is 0 Å². The fraction of sp³-hybridized carbons (Fsp3) is 0.348. The number of hydrogen-bond acceptors (Lipinski definition) is 6. The van der Waals surface area contributed by atoms with Gasteiger partial charge < -0.3 is 20.6 Å². The number of carbonyl (C=O) groups excluding carboxylic acids is 2. The number of carboxylic acid groups (broad SMARTS) is 1. The van der Waals surface area contributed by atoms with Crippen molar-refractivity contribution in [1.82, 2.24) is 15.5 Å². The molecule has 0 bridgehead atoms. The Morgan fingerprint density at radius 3 is 2.42 bits per heavy atom. The first-order valence-corrected chi connectivity index (χ1v) is 14.0. The predicted octanol–water partition coefficient (Wildman–Crippen LogP) is 2.66. The lowest BCUT2D eigenvalue weighted by Crippen LogP contribution is -2.48. The molecule has 0 saturated carbocycles. The summed E-state index contributed by atoms with van der Waals surface area (Å²) in [5, 5.41) is 15.2. The van der Waals surface area contributed by atoms with Gasteiger partial charge in [-0.05, 0) is 47.9 Å². The molecule has 0 radical (unpaired) electrons. The summed E-state index contributed by atoms with van der Waals surface area (Å²) in [6, 6.07) is 6.77. The molecule has 0 unspecified atom stereocenters. The average molecular weight is 577 g/mol. The number of rotatable bonds is 9. The van der Waals surface area contributed by atoms with Crippen molar-refractivity contribution in [1.29, 1.82) is 0 Å². The van der Waals surface area contributed by atoms with Gasteiger partial charge in [0.25, 0.3) is 11.8 Å². The third kappa shape index (κ3) is 7.10. The molecule has 36 heavy (non-hydrogen) atoms. The van der Waals surface area contributed by atoms with E-state index in [1.807, 2.05) is 0 Å². The zero-order valence-electron chi connectivity index (χ0n) is 19.2. The van der Waals surface area contributed by atoms with E-state index in [2.05, 4.69) is 10.6 Å². The molecule has 2 aromatic rings. The number of hydrogen-bond donors (Lipinski definition) is 3. The third-order valence-corrected chi connectivity index (χ3v) is 7.52. The number of amides is 2. The van der Waals surface area contributed by atoms with Crippen LogP contribution in [0.5, 0.6) is 0 Å². The molecule has 3 rings (SSSR count). The van der Waals surface area contributed by atoms with Crippen LogP contribution >= 0.6 is 34.8 Å². The minimum atomic E-state index is -3.22. The molecule has 13 heteroatoms. The van der Waals surface area contributed by atoms with Crippen molar-refractivity contribution in [2.24, 2.45) is 0 Å². The Hall–Kier alpha value is -2.37. The highest BCUT2D eigenvalue weighted by Gasteiger charge is 2.29. The van der Waals surface area contributed by atoms with Crippen LogP contribution in [0.3, 0.4) is 0 Å². The molecule has 0 saturated heterocycles. The summed E-state index contributed by atoms with van der Waals surface area (Å²) in [6.07, 6.45) is 1.44. The molecule has 0 aliphatic carbocycles. The second-order valence-electron chi connectivity index (χ2n) is 8.37. The zero-order chi connectivity index (χ0) is 26.6. The Morgan fingerprint density at radius 1 is 1.14 bits per heavy atom. The summed E-state index contributed by atoms with van der Waals surface area (Å²) in [4.78, 5) is 39.0. The number of fused-ring (bicyclic) bond motifs is 1. The highest BCUT2D eigenvalue weighted by molar-refractivity contribution is 7.90. The van der Waals surface area contributed by atoms with Crippen LogP contribution in [0.1, 0.15) is 31.8 Å². The highest BCUT2D eigenvalue weighted by atomic mass is 35.5. The predicted molar refractivity (Wildman–Crippen MR) is 138 cm³/mol. The van der Waals surface area contributed by atoms with E-state index in [1.165, 1.54) is 0 Å². The first kappa shape index (κ1) is 28.2. The molecule has 0 fully saturated rings. The first-order chi connectivity index (χ1) is 16.9. The van der Waals surface area contributed by atoms with Crippen molar-refractivity contribution in [2.45, 2.75) is 19.0 Å². The Labute approximate surface area is 223 Å². The van der Waals surface area contributed by atoms with Crippen LogP contribution in [0.2, 0.25) is 15.1 Å². The van der Waals surface area contributed by atoms with E-state index in [1.54, 1.807) is 35.2 Å². The molecule has 0 spiro atoms. The van der Waals surface area contributed by atoms with E-state index in [4.69, 9.17) is 34.8 Å². The lowest BCUT2D eigenvalue weighted by Gasteiger charge is -2.30. The standard InChI is InChI=1S/C23H24Cl3N3O6S/c1-36(34,35)9-7-27-11-18(23(32)33)28-21(30)19-17(25)10-14-12-29(8-6-16(14)20(19)26)22(31)13-2-4-15(24)5-3-13/h2-5,10,18,27H,6-9,11-12H2,1H3,(H,28,30)(H,32,33)/t18-/m0/s1. The number of nitrogens with one attached hydrogen (secondary N) is 2. The third-order valence-electron chi connectivity index (χ3n) is 5.61. The SMILES string of the molecule is CS(=O)(=O)CCNC[C@H](NC(=O)c1c(Cl)cc2c(c1Cl)CCN(C(=O)c1ccc(Cl)cc1)C2)C(=O)O. The van der Waals surface area contributed by atoms with Gasteiger partial charge in [-0.1, -0.05) is 34.8 Å². The van der Waals surface area contributed by atoms with E-state index >= 15 is 0 Å². The van der Waals surface area contributed by atoms with E-state index in [9.17, 15) is 27.9 Å². The van der Waals surface area contributed by atoms with Gasteiger partial charge >= 0.3 is 5.97 Å². The van der Waals surface area contributed by atoms with Gasteiger partial charge in [0.05, 0.1) is 21.4 Å². The maximum absolute atomic E-state index is 12.9. The van der Waals surface area contributed by atoms with E-state index < -0.39 is 27.8 Å². The van der Waals surface area contributed by atoms with Gasteiger partial charge in [0.1, 0.15) is 15.9 Å². The van der Waals surface area contributed by atoms with Gasteiger partial charge in [-0.2, -0.15) is 0 Å². The van der Waals surface area contributed by atoms with E-state index in [-0.39, 0.29) is 46.9 Å². The van der Waals surface area contributed by atoms with Crippen LogP contribution in [0, 0.1) is 0 Å². The second kappa shape index (κ2) is 11.8. The minimum Gasteiger partial charge on any atom is -0.480 e. The molecule has 194 valence electrons. The maximum Gasteiger partial charge on any atom is 0.327 e. The molecule has 1 aliphatic heterocycles. The molecule has 9 nitrogen and oxygen atoms in total. The van der Waals surface area contributed by atoms with Crippen LogP contribution in [0.4, 0.5) is 0 Å². The Kier molecular flexibility index (Phi) is 9.23. The number of carbonyl (C=O) groups is 3. The number of carboxylic acids is 1. The smallest absolute Gasteiger partial charge is 0.327 e. The van der Waals surface area contributed by atoms with Crippen molar-refractivity contribution in [2.75, 3.05) is 31.6 Å². The van der Waals surface area contributed by atoms with Crippen molar-refractivity contribution in [3.05, 3.63) is 67.7 Å². The molecule has 1 aliphatic rings. The molecular formula is C23H24Cl3N3O6S. The summed E-state index contributed by atoms with van der Waals surface area (Å²) < 4.78 is 22.5. The molecular weight excluding hydrogens is 553 g/mol. The number of nitrogens with zero attached hydrogens (tertiary/aromatic N) is 1. The monoisotopic (exact) mass is 575 g/mol. The molecule has 3 N–H and O–H groups in total. The van der Waals surface area contributed by atoms with Crippen LogP contribution in [0.25, 0.3) is 0 Å². The summed E-state index contributed by atoms with van der Waals surface area (Å²) >= 11 is 18.8. The Morgan fingerprint density at radius 2 is 1.81 bits per heavy atom. The highest BCUT2D eigenvalue weighted by Crippen LogP contribution is 2.35. The maximum atomic E-state index is 12.9. The molecule has 1 heterocycles. The summed E-state index contributed by atoms with van der Waals surface area (Å²) in [7, 11) is -3.22. The van der Waals surface area contributed by atoms with Crippen molar-refractivity contribution in [3.8, 4) is 0 Å². The van der Waals surface area contributed by atoms with Crippen molar-refractivity contribution >= 4 is 62.4 Å². The lowest BCUT2D eigenvalue weighted by molar-refractivity contribution is -0.139. The van der Waals surface area contributed by atoms with Gasteiger partial charge in [-0.25, -0.2) is 13.2 Å². The van der Waals surface area contributed by atoms with Crippen LogP contribution in [0.15, 0.2) is 30.3 Å². The van der Waals surface area contributed by atoms with Gasteiger partial charge in [0.2, 0.25) is 0 Å². The Bertz CT molecular complexity index is 1280. The largest absolute Gasteiger partial charge is 0.480 e. The molecule has 2 aromatic carbocycles. The average Bonchev–Trinajstić information content (AvgIpc) is 2.79. The Balaban J connectivity index is 1.73. The van der Waals surface area contributed by atoms with Crippen molar-refractivity contribution < 1.29 is 27.9 Å². The second-order valence-corrected chi connectivity index (χ2v) is 11.8. The molecule has 1 atom stereocenters. The van der Waals surface area contributed by atoms with Crippen LogP contribution < -0.4 is 10.6 Å². The lowest BCUT2D eigenvalue weighted by atomic mass is 9.96. The number of sulfone groups is 1. The van der Waals surface area contributed by atoms with E-state index in [0.717, 1.165) is 6.26 Å². The fourth-order valence-electron chi connectivity index (χ4n) is 3.74. The number of halogens is 3. The van der Waals surface area contributed by atoms with Gasteiger partial charge in [0, 0.05) is 43.0 Å².